The summed E-state index contributed by atoms with van der Waals surface area (Å²) in [5.41, 5.74) is 0. The molecule has 1 aromatic rings. The minimum Gasteiger partial charge on any atom is -0.472 e. The van der Waals surface area contributed by atoms with Crippen LogP contribution in [0.5, 0.6) is 5.88 Å². The minimum atomic E-state index is -0.450. The molecule has 2 heterocycles. The highest BCUT2D eigenvalue weighted by atomic mass is 32.2. The molecule has 1 aromatic heterocycles. The van der Waals surface area contributed by atoms with Crippen molar-refractivity contribution in [2.75, 3.05) is 25.1 Å². The van der Waals surface area contributed by atoms with Crippen LogP contribution in [0.2, 0.25) is 0 Å². The van der Waals surface area contributed by atoms with Crippen molar-refractivity contribution in [3.05, 3.63) is 24.4 Å². The first-order valence-corrected chi connectivity index (χ1v) is 9.12. The van der Waals surface area contributed by atoms with Crippen molar-refractivity contribution >= 4 is 23.6 Å². The predicted octanol–water partition coefficient (Wildman–Crippen LogP) is 1.32. The zero-order valence-electron chi connectivity index (χ0n) is 13.5. The SMILES string of the molecule is CSCCC(NC(C)=O)C(=O)N1CCC(Oc2ccccn2)C1. The molecule has 2 amide bonds. The van der Waals surface area contributed by atoms with Crippen molar-refractivity contribution in [1.82, 2.24) is 15.2 Å². The number of hydrogen-bond acceptors (Lipinski definition) is 5. The van der Waals surface area contributed by atoms with Crippen LogP contribution < -0.4 is 10.1 Å². The predicted molar refractivity (Wildman–Crippen MR) is 90.5 cm³/mol. The lowest BCUT2D eigenvalue weighted by Gasteiger charge is -2.24. The Bertz CT molecular complexity index is 527. The number of hydrogen-bond donors (Lipinski definition) is 1. The third kappa shape index (κ3) is 5.42. The molecule has 0 aliphatic carbocycles. The van der Waals surface area contributed by atoms with Crippen LogP contribution in [0.25, 0.3) is 0 Å². The van der Waals surface area contributed by atoms with Crippen molar-refractivity contribution in [3.63, 3.8) is 0 Å². The van der Waals surface area contributed by atoms with Gasteiger partial charge in [0.05, 0.1) is 6.54 Å². The van der Waals surface area contributed by atoms with E-state index in [0.29, 0.717) is 25.4 Å². The summed E-state index contributed by atoms with van der Waals surface area (Å²) >= 11 is 1.66. The second kappa shape index (κ2) is 8.76. The van der Waals surface area contributed by atoms with Crippen LogP contribution in [-0.2, 0) is 9.59 Å². The van der Waals surface area contributed by atoms with Gasteiger partial charge in [0.15, 0.2) is 0 Å². The molecule has 0 aromatic carbocycles. The molecule has 2 atom stereocenters. The number of nitrogens with one attached hydrogen (secondary N) is 1. The van der Waals surface area contributed by atoms with Crippen molar-refractivity contribution in [2.45, 2.75) is 31.9 Å². The Balaban J connectivity index is 1.90. The Morgan fingerprint density at radius 2 is 2.35 bits per heavy atom. The Morgan fingerprint density at radius 1 is 1.52 bits per heavy atom. The number of pyridine rings is 1. The molecule has 1 saturated heterocycles. The van der Waals surface area contributed by atoms with Crippen LogP contribution >= 0.6 is 11.8 Å². The van der Waals surface area contributed by atoms with E-state index in [1.54, 1.807) is 22.9 Å². The number of carbonyl (C=O) groups is 2. The van der Waals surface area contributed by atoms with E-state index in [0.717, 1.165) is 12.2 Å². The fourth-order valence-corrected chi connectivity index (χ4v) is 3.04. The van der Waals surface area contributed by atoms with Gasteiger partial charge >= 0.3 is 0 Å². The highest BCUT2D eigenvalue weighted by molar-refractivity contribution is 7.98. The van der Waals surface area contributed by atoms with Gasteiger partial charge in [-0.3, -0.25) is 9.59 Å². The molecule has 1 aliphatic rings. The topological polar surface area (TPSA) is 71.5 Å². The van der Waals surface area contributed by atoms with Crippen molar-refractivity contribution < 1.29 is 14.3 Å². The van der Waals surface area contributed by atoms with Crippen molar-refractivity contribution in [2.24, 2.45) is 0 Å². The molecule has 7 heteroatoms. The summed E-state index contributed by atoms with van der Waals surface area (Å²) in [7, 11) is 0. The smallest absolute Gasteiger partial charge is 0.245 e. The maximum atomic E-state index is 12.6. The zero-order chi connectivity index (χ0) is 16.7. The largest absolute Gasteiger partial charge is 0.472 e. The van der Waals surface area contributed by atoms with Gasteiger partial charge in [-0.25, -0.2) is 4.98 Å². The first kappa shape index (κ1) is 17.6. The van der Waals surface area contributed by atoms with E-state index in [-0.39, 0.29) is 17.9 Å². The first-order chi connectivity index (χ1) is 11.1. The Hall–Kier alpha value is -1.76. The van der Waals surface area contributed by atoms with Gasteiger partial charge in [-0.05, 0) is 24.5 Å². The van der Waals surface area contributed by atoms with Crippen LogP contribution in [0.3, 0.4) is 0 Å². The molecule has 0 spiro atoms. The van der Waals surface area contributed by atoms with E-state index in [1.165, 1.54) is 6.92 Å². The van der Waals surface area contributed by atoms with E-state index in [2.05, 4.69) is 10.3 Å². The summed E-state index contributed by atoms with van der Waals surface area (Å²) in [5, 5.41) is 2.76. The van der Waals surface area contributed by atoms with E-state index < -0.39 is 6.04 Å². The summed E-state index contributed by atoms with van der Waals surface area (Å²) in [6.07, 6.45) is 5.04. The Morgan fingerprint density at radius 3 is 3.00 bits per heavy atom. The van der Waals surface area contributed by atoms with Crippen molar-refractivity contribution in [3.8, 4) is 5.88 Å². The molecule has 2 rings (SSSR count). The highest BCUT2D eigenvalue weighted by Gasteiger charge is 2.32. The van der Waals surface area contributed by atoms with Gasteiger partial charge in [-0.2, -0.15) is 11.8 Å². The Kier molecular flexibility index (Phi) is 6.70. The number of rotatable bonds is 7. The number of nitrogens with zero attached hydrogens (tertiary/aromatic N) is 2. The van der Waals surface area contributed by atoms with Gasteiger partial charge < -0.3 is 15.0 Å². The molecule has 1 fully saturated rings. The maximum Gasteiger partial charge on any atom is 0.245 e. The molecule has 1 N–H and O–H groups in total. The van der Waals surface area contributed by atoms with Crippen LogP contribution in [0.4, 0.5) is 0 Å². The van der Waals surface area contributed by atoms with Crippen molar-refractivity contribution in [1.29, 1.82) is 0 Å². The number of ether oxygens (including phenoxy) is 1. The monoisotopic (exact) mass is 337 g/mol. The summed E-state index contributed by atoms with van der Waals surface area (Å²) < 4.78 is 5.80. The first-order valence-electron chi connectivity index (χ1n) is 7.72. The molecule has 126 valence electrons. The zero-order valence-corrected chi connectivity index (χ0v) is 14.3. The van der Waals surface area contributed by atoms with E-state index in [4.69, 9.17) is 4.74 Å². The molecule has 0 saturated carbocycles. The van der Waals surface area contributed by atoms with Gasteiger partial charge in [-0.15, -0.1) is 0 Å². The fraction of sp³-hybridized carbons (Fsp3) is 0.562. The lowest BCUT2D eigenvalue weighted by atomic mass is 10.2. The normalized spacial score (nSPS) is 18.5. The standard InChI is InChI=1S/C16H23N3O3S/c1-12(20)18-14(7-10-23-2)16(21)19-9-6-13(11-19)22-15-5-3-4-8-17-15/h3-5,8,13-14H,6-7,9-11H2,1-2H3,(H,18,20). The van der Waals surface area contributed by atoms with Gasteiger partial charge in [0, 0.05) is 32.2 Å². The minimum absolute atomic E-state index is 0.0265. The quantitative estimate of drug-likeness (QED) is 0.812. The molecule has 0 bridgehead atoms. The maximum absolute atomic E-state index is 12.6. The number of thioether (sulfide) groups is 1. The van der Waals surface area contributed by atoms with Gasteiger partial charge in [0.25, 0.3) is 0 Å². The summed E-state index contributed by atoms with van der Waals surface area (Å²) in [4.78, 5) is 29.9. The fourth-order valence-electron chi connectivity index (χ4n) is 2.57. The molecule has 6 nitrogen and oxygen atoms in total. The second-order valence-electron chi connectivity index (χ2n) is 5.52. The molecular formula is C16H23N3O3S. The van der Waals surface area contributed by atoms with Crippen LogP contribution in [0.15, 0.2) is 24.4 Å². The highest BCUT2D eigenvalue weighted by Crippen LogP contribution is 2.17. The number of aromatic nitrogens is 1. The van der Waals surface area contributed by atoms with Crippen LogP contribution in [0.1, 0.15) is 19.8 Å². The third-order valence-corrected chi connectivity index (χ3v) is 4.31. The lowest BCUT2D eigenvalue weighted by Crippen LogP contribution is -2.48. The Labute approximate surface area is 141 Å². The van der Waals surface area contributed by atoms with E-state index in [1.807, 2.05) is 24.5 Å². The average molecular weight is 337 g/mol. The number of carbonyl (C=O) groups excluding carboxylic acids is 2. The number of amides is 2. The van der Waals surface area contributed by atoms with E-state index >= 15 is 0 Å². The van der Waals surface area contributed by atoms with Gasteiger partial charge in [0.2, 0.25) is 17.7 Å². The summed E-state index contributed by atoms with van der Waals surface area (Å²) in [6.45, 7) is 2.62. The molecule has 23 heavy (non-hydrogen) atoms. The van der Waals surface area contributed by atoms with E-state index in [9.17, 15) is 9.59 Å². The molecule has 1 aliphatic heterocycles. The number of likely N-dealkylation sites (tertiary alicyclic amines) is 1. The average Bonchev–Trinajstić information content (AvgIpc) is 3.00. The summed E-state index contributed by atoms with van der Waals surface area (Å²) in [5.74, 6) is 1.21. The van der Waals surface area contributed by atoms with Crippen LogP contribution in [-0.4, -0.2) is 58.9 Å². The second-order valence-corrected chi connectivity index (χ2v) is 6.50. The molecular weight excluding hydrogens is 314 g/mol. The molecule has 0 radical (unpaired) electrons. The lowest BCUT2D eigenvalue weighted by molar-refractivity contribution is -0.135. The van der Waals surface area contributed by atoms with Gasteiger partial charge in [-0.1, -0.05) is 6.07 Å². The third-order valence-electron chi connectivity index (χ3n) is 3.67. The van der Waals surface area contributed by atoms with Crippen LogP contribution in [0, 0.1) is 0 Å². The molecule has 2 unspecified atom stereocenters. The summed E-state index contributed by atoms with van der Waals surface area (Å²) in [6, 6.07) is 5.06. The van der Waals surface area contributed by atoms with Gasteiger partial charge in [0.1, 0.15) is 12.1 Å².